The van der Waals surface area contributed by atoms with Gasteiger partial charge in [0, 0.05) is 5.02 Å². The molecular weight excluding hydrogens is 358 g/mol. The highest BCUT2D eigenvalue weighted by Gasteiger charge is 2.34. The van der Waals surface area contributed by atoms with Crippen LogP contribution in [0.15, 0.2) is 42.5 Å². The van der Waals surface area contributed by atoms with E-state index in [-0.39, 0.29) is 31.6 Å². The van der Waals surface area contributed by atoms with Crippen LogP contribution in [-0.4, -0.2) is 42.4 Å². The van der Waals surface area contributed by atoms with Gasteiger partial charge in [-0.2, -0.15) is 0 Å². The van der Waals surface area contributed by atoms with E-state index in [2.05, 4.69) is 0 Å². The number of halogens is 1. The minimum Gasteiger partial charge on any atom is -0.482 e. The number of ether oxygens (including phenoxy) is 2. The molecule has 2 aromatic rings. The van der Waals surface area contributed by atoms with Gasteiger partial charge in [-0.25, -0.2) is 4.79 Å². The Morgan fingerprint density at radius 3 is 2.35 bits per heavy atom. The van der Waals surface area contributed by atoms with Gasteiger partial charge in [0.15, 0.2) is 6.61 Å². The zero-order valence-electron chi connectivity index (χ0n) is 14.0. The molecule has 2 amide bonds. The van der Waals surface area contributed by atoms with Crippen molar-refractivity contribution < 1.29 is 23.9 Å². The van der Waals surface area contributed by atoms with Gasteiger partial charge in [0.05, 0.1) is 17.7 Å². The standard InChI is InChI=1S/C19H16ClNO5/c1-12-10-13(20)6-7-16(12)26-11-17(22)25-9-8-21-18(23)14-4-2-3-5-15(14)19(21)24/h2-7,10H,8-9,11H2,1H3. The van der Waals surface area contributed by atoms with E-state index < -0.39 is 5.97 Å². The summed E-state index contributed by atoms with van der Waals surface area (Å²) in [5.41, 5.74) is 1.53. The normalized spacial score (nSPS) is 12.9. The molecule has 0 saturated carbocycles. The first-order chi connectivity index (χ1) is 12.5. The number of amides is 2. The molecule has 0 saturated heterocycles. The lowest BCUT2D eigenvalue weighted by Gasteiger charge is -2.14. The number of nitrogens with zero attached hydrogens (tertiary/aromatic N) is 1. The third-order valence-electron chi connectivity index (χ3n) is 3.94. The molecule has 0 bridgehead atoms. The zero-order valence-corrected chi connectivity index (χ0v) is 14.8. The predicted octanol–water partition coefficient (Wildman–Crippen LogP) is 2.87. The summed E-state index contributed by atoms with van der Waals surface area (Å²) in [5.74, 6) is -0.813. The zero-order chi connectivity index (χ0) is 18.7. The van der Waals surface area contributed by atoms with Crippen LogP contribution in [0.3, 0.4) is 0 Å². The van der Waals surface area contributed by atoms with Crippen LogP contribution in [0.1, 0.15) is 26.3 Å². The lowest BCUT2D eigenvalue weighted by Crippen LogP contribution is -2.34. The molecule has 134 valence electrons. The maximum absolute atomic E-state index is 12.2. The van der Waals surface area contributed by atoms with Crippen LogP contribution in [-0.2, 0) is 9.53 Å². The number of fused-ring (bicyclic) bond motifs is 1. The Kier molecular flexibility index (Phi) is 5.23. The maximum Gasteiger partial charge on any atom is 0.344 e. The van der Waals surface area contributed by atoms with E-state index in [4.69, 9.17) is 21.1 Å². The summed E-state index contributed by atoms with van der Waals surface area (Å²) in [6.07, 6.45) is 0. The van der Waals surface area contributed by atoms with Crippen LogP contribution < -0.4 is 4.74 Å². The third kappa shape index (κ3) is 3.70. The fourth-order valence-electron chi connectivity index (χ4n) is 2.65. The molecule has 3 rings (SSSR count). The van der Waals surface area contributed by atoms with E-state index in [0.29, 0.717) is 21.9 Å². The second-order valence-corrected chi connectivity index (χ2v) is 6.16. The molecule has 2 aromatic carbocycles. The lowest BCUT2D eigenvalue weighted by atomic mass is 10.1. The van der Waals surface area contributed by atoms with Crippen LogP contribution in [0.25, 0.3) is 0 Å². The largest absolute Gasteiger partial charge is 0.482 e. The fraction of sp³-hybridized carbons (Fsp3) is 0.211. The minimum atomic E-state index is -0.587. The summed E-state index contributed by atoms with van der Waals surface area (Å²) < 4.78 is 10.4. The van der Waals surface area contributed by atoms with Gasteiger partial charge in [-0.3, -0.25) is 14.5 Å². The van der Waals surface area contributed by atoms with Gasteiger partial charge in [-0.05, 0) is 42.8 Å². The van der Waals surface area contributed by atoms with Gasteiger partial charge < -0.3 is 9.47 Å². The Labute approximate surface area is 155 Å². The fourth-order valence-corrected chi connectivity index (χ4v) is 2.87. The summed E-state index contributed by atoms with van der Waals surface area (Å²) in [4.78, 5) is 37.2. The highest BCUT2D eigenvalue weighted by Crippen LogP contribution is 2.23. The van der Waals surface area contributed by atoms with Crippen LogP contribution in [0, 0.1) is 6.92 Å². The van der Waals surface area contributed by atoms with Crippen molar-refractivity contribution in [1.29, 1.82) is 0 Å². The monoisotopic (exact) mass is 373 g/mol. The van der Waals surface area contributed by atoms with Gasteiger partial charge >= 0.3 is 5.97 Å². The van der Waals surface area contributed by atoms with Crippen molar-refractivity contribution in [2.24, 2.45) is 0 Å². The van der Waals surface area contributed by atoms with Crippen LogP contribution in [0.4, 0.5) is 0 Å². The molecule has 26 heavy (non-hydrogen) atoms. The Morgan fingerprint density at radius 1 is 1.08 bits per heavy atom. The Balaban J connectivity index is 1.47. The van der Waals surface area contributed by atoms with Gasteiger partial charge in [0.1, 0.15) is 12.4 Å². The van der Waals surface area contributed by atoms with E-state index in [0.717, 1.165) is 10.5 Å². The number of hydrogen-bond acceptors (Lipinski definition) is 5. The average molecular weight is 374 g/mol. The van der Waals surface area contributed by atoms with E-state index in [1.807, 2.05) is 6.92 Å². The molecule has 1 aliphatic rings. The summed E-state index contributed by atoms with van der Waals surface area (Å²) in [7, 11) is 0. The molecule has 7 heteroatoms. The van der Waals surface area contributed by atoms with E-state index in [1.165, 1.54) is 0 Å². The molecule has 0 radical (unpaired) electrons. The van der Waals surface area contributed by atoms with E-state index in [9.17, 15) is 14.4 Å². The first-order valence-corrected chi connectivity index (χ1v) is 8.35. The molecule has 0 unspecified atom stereocenters. The quantitative estimate of drug-likeness (QED) is 0.575. The number of rotatable bonds is 6. The minimum absolute atomic E-state index is 0.00193. The summed E-state index contributed by atoms with van der Waals surface area (Å²) in [6, 6.07) is 11.7. The second-order valence-electron chi connectivity index (χ2n) is 5.73. The first kappa shape index (κ1) is 17.9. The summed E-state index contributed by atoms with van der Waals surface area (Å²) >= 11 is 5.86. The smallest absolute Gasteiger partial charge is 0.344 e. The van der Waals surface area contributed by atoms with E-state index >= 15 is 0 Å². The van der Waals surface area contributed by atoms with Gasteiger partial charge in [-0.1, -0.05) is 23.7 Å². The van der Waals surface area contributed by atoms with Crippen LogP contribution in [0.5, 0.6) is 5.75 Å². The van der Waals surface area contributed by atoms with Crippen molar-refractivity contribution in [3.05, 3.63) is 64.2 Å². The number of benzene rings is 2. The molecule has 0 spiro atoms. The average Bonchev–Trinajstić information content (AvgIpc) is 2.86. The van der Waals surface area contributed by atoms with E-state index in [1.54, 1.807) is 42.5 Å². The SMILES string of the molecule is Cc1cc(Cl)ccc1OCC(=O)OCCN1C(=O)c2ccccc2C1=O. The Hall–Kier alpha value is -2.86. The molecule has 0 aromatic heterocycles. The highest BCUT2D eigenvalue weighted by molar-refractivity contribution is 6.30. The Morgan fingerprint density at radius 2 is 1.73 bits per heavy atom. The van der Waals surface area contributed by atoms with Crippen molar-refractivity contribution in [3.8, 4) is 5.75 Å². The highest BCUT2D eigenvalue weighted by atomic mass is 35.5. The van der Waals surface area contributed by atoms with Crippen molar-refractivity contribution in [2.75, 3.05) is 19.8 Å². The molecule has 1 heterocycles. The number of carbonyl (C=O) groups excluding carboxylic acids is 3. The molecule has 0 fully saturated rings. The number of carbonyl (C=O) groups is 3. The third-order valence-corrected chi connectivity index (χ3v) is 4.17. The number of imide groups is 1. The van der Waals surface area contributed by atoms with Crippen molar-refractivity contribution in [3.63, 3.8) is 0 Å². The summed E-state index contributed by atoms with van der Waals surface area (Å²) in [5, 5.41) is 0.582. The summed E-state index contributed by atoms with van der Waals surface area (Å²) in [6.45, 7) is 1.45. The van der Waals surface area contributed by atoms with Gasteiger partial charge in [0.2, 0.25) is 0 Å². The molecule has 0 N–H and O–H groups in total. The van der Waals surface area contributed by atoms with Crippen molar-refractivity contribution in [2.45, 2.75) is 6.92 Å². The molecular formula is C19H16ClNO5. The maximum atomic E-state index is 12.2. The number of hydrogen-bond donors (Lipinski definition) is 0. The second kappa shape index (κ2) is 7.58. The van der Waals surface area contributed by atoms with Gasteiger partial charge in [0.25, 0.3) is 11.8 Å². The molecule has 0 aliphatic carbocycles. The molecule has 0 atom stereocenters. The van der Waals surface area contributed by atoms with Gasteiger partial charge in [-0.15, -0.1) is 0 Å². The first-order valence-electron chi connectivity index (χ1n) is 7.97. The Bertz CT molecular complexity index is 845. The molecule has 6 nitrogen and oxygen atoms in total. The number of esters is 1. The lowest BCUT2D eigenvalue weighted by molar-refractivity contribution is -0.146. The van der Waals surface area contributed by atoms with Crippen LogP contribution in [0.2, 0.25) is 5.02 Å². The molecule has 1 aliphatic heterocycles. The van der Waals surface area contributed by atoms with Crippen molar-refractivity contribution >= 4 is 29.4 Å². The predicted molar refractivity (Wildman–Crippen MR) is 94.5 cm³/mol. The van der Waals surface area contributed by atoms with Crippen molar-refractivity contribution in [1.82, 2.24) is 4.90 Å². The topological polar surface area (TPSA) is 72.9 Å². The number of aryl methyl sites for hydroxylation is 1. The van der Waals surface area contributed by atoms with Crippen LogP contribution >= 0.6 is 11.6 Å².